The third-order valence-corrected chi connectivity index (χ3v) is 4.76. The molecule has 1 saturated heterocycles. The Morgan fingerprint density at radius 2 is 1.96 bits per heavy atom. The molecule has 2 rings (SSSR count). The monoisotopic (exact) mass is 438 g/mol. The molecule has 0 aromatic carbocycles. The van der Waals surface area contributed by atoms with Gasteiger partial charge in [-0.15, -0.1) is 24.0 Å². The van der Waals surface area contributed by atoms with Crippen LogP contribution in [0, 0.1) is 5.41 Å². The number of halogens is 1. The van der Waals surface area contributed by atoms with Crippen molar-refractivity contribution in [2.75, 3.05) is 40.8 Å². The predicted molar refractivity (Wildman–Crippen MR) is 103 cm³/mol. The quantitative estimate of drug-likeness (QED) is 0.389. The van der Waals surface area contributed by atoms with Crippen LogP contribution in [-0.2, 0) is 9.53 Å². The minimum absolute atomic E-state index is 0. The Hall–Kier alpha value is -0.570. The van der Waals surface area contributed by atoms with E-state index >= 15 is 0 Å². The van der Waals surface area contributed by atoms with E-state index < -0.39 is 0 Å². The van der Waals surface area contributed by atoms with Crippen LogP contribution in [-0.4, -0.2) is 63.7 Å². The number of carbonyl (C=O) groups is 1. The minimum Gasteiger partial charge on any atom is -0.376 e. The molecular formula is C16H31IN4O2. The molecule has 0 bridgehead atoms. The van der Waals surface area contributed by atoms with Crippen molar-refractivity contribution < 1.29 is 9.53 Å². The normalized spacial score (nSPS) is 23.3. The second-order valence-corrected chi connectivity index (χ2v) is 6.63. The number of rotatable bonds is 5. The molecule has 0 aromatic heterocycles. The van der Waals surface area contributed by atoms with Gasteiger partial charge < -0.3 is 20.3 Å². The molecule has 1 atom stereocenters. The number of hydrogen-bond acceptors (Lipinski definition) is 3. The maximum Gasteiger partial charge on any atom is 0.230 e. The highest BCUT2D eigenvalue weighted by molar-refractivity contribution is 14.0. The number of ether oxygens (including phenoxy) is 1. The minimum atomic E-state index is -0.273. The third-order valence-electron chi connectivity index (χ3n) is 4.76. The van der Waals surface area contributed by atoms with Crippen LogP contribution in [0.3, 0.4) is 0 Å². The lowest BCUT2D eigenvalue weighted by atomic mass is 9.84. The Kier molecular flexibility index (Phi) is 8.60. The van der Waals surface area contributed by atoms with E-state index in [4.69, 9.17) is 4.74 Å². The van der Waals surface area contributed by atoms with E-state index in [9.17, 15) is 4.79 Å². The zero-order chi connectivity index (χ0) is 16.0. The van der Waals surface area contributed by atoms with Gasteiger partial charge in [-0.3, -0.25) is 9.79 Å². The van der Waals surface area contributed by atoms with Crippen molar-refractivity contribution in [1.29, 1.82) is 0 Å². The standard InChI is InChI=1S/C16H30N4O2.HI/c1-17-15(18-11-13-7-6-10-22-13)19-12-16(8-4-5-9-16)14(21)20(2)3;/h13H,4-12H2,1-3H3,(H2,17,18,19);1H. The van der Waals surface area contributed by atoms with Crippen molar-refractivity contribution in [3.63, 3.8) is 0 Å². The van der Waals surface area contributed by atoms with Crippen LogP contribution in [0.2, 0.25) is 0 Å². The molecule has 7 heteroatoms. The van der Waals surface area contributed by atoms with Crippen molar-refractivity contribution in [1.82, 2.24) is 15.5 Å². The van der Waals surface area contributed by atoms with Crippen molar-refractivity contribution in [3.8, 4) is 0 Å². The van der Waals surface area contributed by atoms with Gasteiger partial charge in [0.15, 0.2) is 5.96 Å². The first-order chi connectivity index (χ1) is 10.6. The number of hydrogen-bond donors (Lipinski definition) is 2. The average Bonchev–Trinajstić information content (AvgIpc) is 3.18. The van der Waals surface area contributed by atoms with Gasteiger partial charge in [-0.25, -0.2) is 0 Å². The summed E-state index contributed by atoms with van der Waals surface area (Å²) >= 11 is 0. The summed E-state index contributed by atoms with van der Waals surface area (Å²) in [5, 5.41) is 6.66. The molecule has 134 valence electrons. The molecule has 1 amide bonds. The molecule has 2 aliphatic rings. The smallest absolute Gasteiger partial charge is 0.230 e. The number of amides is 1. The second-order valence-electron chi connectivity index (χ2n) is 6.63. The van der Waals surface area contributed by atoms with Crippen LogP contribution >= 0.6 is 24.0 Å². The number of carbonyl (C=O) groups excluding carboxylic acids is 1. The molecule has 0 spiro atoms. The zero-order valence-electron chi connectivity index (χ0n) is 14.6. The Labute approximate surface area is 156 Å². The van der Waals surface area contributed by atoms with Crippen molar-refractivity contribution in [2.24, 2.45) is 10.4 Å². The third kappa shape index (κ3) is 5.48. The molecule has 1 saturated carbocycles. The van der Waals surface area contributed by atoms with Gasteiger partial charge in [-0.05, 0) is 25.7 Å². The van der Waals surface area contributed by atoms with Crippen molar-refractivity contribution in [2.45, 2.75) is 44.6 Å². The fraction of sp³-hybridized carbons (Fsp3) is 0.875. The molecule has 23 heavy (non-hydrogen) atoms. The maximum atomic E-state index is 12.5. The summed E-state index contributed by atoms with van der Waals surface area (Å²) in [6.45, 7) is 2.28. The molecule has 1 heterocycles. The fourth-order valence-corrected chi connectivity index (χ4v) is 3.48. The fourth-order valence-electron chi connectivity index (χ4n) is 3.48. The number of nitrogens with zero attached hydrogens (tertiary/aromatic N) is 2. The van der Waals surface area contributed by atoms with Gasteiger partial charge in [0, 0.05) is 40.8 Å². The zero-order valence-corrected chi connectivity index (χ0v) is 16.9. The SMILES string of the molecule is CN=C(NCC1CCCO1)NCC1(C(=O)N(C)C)CCCC1.I. The van der Waals surface area contributed by atoms with Crippen molar-refractivity contribution in [3.05, 3.63) is 0 Å². The first-order valence-electron chi connectivity index (χ1n) is 8.35. The van der Waals surface area contributed by atoms with E-state index in [1.807, 2.05) is 14.1 Å². The Bertz CT molecular complexity index is 403. The molecular weight excluding hydrogens is 407 g/mol. The Balaban J connectivity index is 0.00000264. The van der Waals surface area contributed by atoms with Gasteiger partial charge in [0.1, 0.15) is 0 Å². The van der Waals surface area contributed by atoms with E-state index in [1.54, 1.807) is 11.9 Å². The van der Waals surface area contributed by atoms with Crippen molar-refractivity contribution >= 4 is 35.8 Å². The molecule has 2 N–H and O–H groups in total. The highest BCUT2D eigenvalue weighted by Gasteiger charge is 2.42. The summed E-state index contributed by atoms with van der Waals surface area (Å²) in [6, 6.07) is 0. The average molecular weight is 438 g/mol. The molecule has 6 nitrogen and oxygen atoms in total. The lowest BCUT2D eigenvalue weighted by Crippen LogP contribution is -2.50. The van der Waals surface area contributed by atoms with Gasteiger partial charge in [0.25, 0.3) is 0 Å². The summed E-state index contributed by atoms with van der Waals surface area (Å²) in [6.07, 6.45) is 6.69. The summed E-state index contributed by atoms with van der Waals surface area (Å²) < 4.78 is 5.61. The first kappa shape index (κ1) is 20.5. The number of nitrogens with one attached hydrogen (secondary N) is 2. The lowest BCUT2D eigenvalue weighted by Gasteiger charge is -2.31. The van der Waals surface area contributed by atoms with E-state index in [-0.39, 0.29) is 41.4 Å². The number of guanidine groups is 1. The van der Waals surface area contributed by atoms with Crippen LogP contribution in [0.1, 0.15) is 38.5 Å². The van der Waals surface area contributed by atoms with E-state index in [0.29, 0.717) is 6.54 Å². The Morgan fingerprint density at radius 1 is 1.26 bits per heavy atom. The highest BCUT2D eigenvalue weighted by Crippen LogP contribution is 2.38. The molecule has 1 aliphatic carbocycles. The van der Waals surface area contributed by atoms with Gasteiger partial charge in [0.05, 0.1) is 11.5 Å². The molecule has 0 aromatic rings. The van der Waals surface area contributed by atoms with Gasteiger partial charge in [-0.1, -0.05) is 12.8 Å². The Morgan fingerprint density at radius 3 is 2.48 bits per heavy atom. The largest absolute Gasteiger partial charge is 0.376 e. The summed E-state index contributed by atoms with van der Waals surface area (Å²) in [5.41, 5.74) is -0.273. The topological polar surface area (TPSA) is 66.0 Å². The number of aliphatic imine (C=N–C) groups is 1. The molecule has 1 unspecified atom stereocenters. The summed E-state index contributed by atoms with van der Waals surface area (Å²) in [7, 11) is 5.44. The van der Waals surface area contributed by atoms with Gasteiger partial charge >= 0.3 is 0 Å². The lowest BCUT2D eigenvalue weighted by molar-refractivity contribution is -0.138. The first-order valence-corrected chi connectivity index (χ1v) is 8.35. The maximum absolute atomic E-state index is 12.5. The second kappa shape index (κ2) is 9.66. The van der Waals surface area contributed by atoms with Crippen LogP contribution in [0.4, 0.5) is 0 Å². The highest BCUT2D eigenvalue weighted by atomic mass is 127. The summed E-state index contributed by atoms with van der Waals surface area (Å²) in [5.74, 6) is 0.986. The predicted octanol–water partition coefficient (Wildman–Crippen LogP) is 1.60. The van der Waals surface area contributed by atoms with Crippen LogP contribution in [0.15, 0.2) is 4.99 Å². The van der Waals surface area contributed by atoms with Gasteiger partial charge in [0.2, 0.25) is 5.91 Å². The van der Waals surface area contributed by atoms with E-state index in [0.717, 1.165) is 57.6 Å². The van der Waals surface area contributed by atoms with Crippen LogP contribution in [0.25, 0.3) is 0 Å². The molecule has 2 fully saturated rings. The van der Waals surface area contributed by atoms with E-state index in [1.165, 1.54) is 0 Å². The molecule has 0 radical (unpaired) electrons. The van der Waals surface area contributed by atoms with Crippen LogP contribution < -0.4 is 10.6 Å². The van der Waals surface area contributed by atoms with Gasteiger partial charge in [-0.2, -0.15) is 0 Å². The summed E-state index contributed by atoms with van der Waals surface area (Å²) in [4.78, 5) is 18.5. The molecule has 1 aliphatic heterocycles. The van der Waals surface area contributed by atoms with Crippen LogP contribution in [0.5, 0.6) is 0 Å². The van der Waals surface area contributed by atoms with E-state index in [2.05, 4.69) is 15.6 Å².